The molecule has 0 fully saturated rings. The minimum absolute atomic E-state index is 0.0465. The highest BCUT2D eigenvalue weighted by atomic mass is 16.5. The summed E-state index contributed by atoms with van der Waals surface area (Å²) in [4.78, 5) is 40.9. The summed E-state index contributed by atoms with van der Waals surface area (Å²) in [7, 11) is 3.37. The first kappa shape index (κ1) is 28.1. The summed E-state index contributed by atoms with van der Waals surface area (Å²) in [5.41, 5.74) is 1.93. The molecule has 2 N–H and O–H groups in total. The number of carbonyl (C=O) groups excluding carboxylic acids is 2. The van der Waals surface area contributed by atoms with Gasteiger partial charge in [-0.2, -0.15) is 0 Å². The van der Waals surface area contributed by atoms with Gasteiger partial charge in [0.2, 0.25) is 5.91 Å². The summed E-state index contributed by atoms with van der Waals surface area (Å²) in [6, 6.07) is 11.9. The normalized spacial score (nSPS) is 21.3. The Kier molecular flexibility index (Phi) is 9.66. The predicted molar refractivity (Wildman–Crippen MR) is 141 cm³/mol. The van der Waals surface area contributed by atoms with Crippen molar-refractivity contribution in [2.75, 3.05) is 39.2 Å². The molecular formula is C28H37N3O6. The first-order chi connectivity index (χ1) is 17.6. The van der Waals surface area contributed by atoms with E-state index in [-0.39, 0.29) is 42.0 Å². The van der Waals surface area contributed by atoms with E-state index in [0.717, 1.165) is 0 Å². The average molecular weight is 512 g/mol. The van der Waals surface area contributed by atoms with Crippen LogP contribution >= 0.6 is 0 Å². The summed E-state index contributed by atoms with van der Waals surface area (Å²) in [6.07, 6.45) is 0.102. The van der Waals surface area contributed by atoms with Gasteiger partial charge in [-0.15, -0.1) is 0 Å². The van der Waals surface area contributed by atoms with E-state index in [1.165, 1.54) is 0 Å². The number of fused-ring (bicyclic) bond motifs is 1. The van der Waals surface area contributed by atoms with Crippen LogP contribution in [0.15, 0.2) is 42.5 Å². The van der Waals surface area contributed by atoms with Gasteiger partial charge in [0, 0.05) is 58.0 Å². The minimum atomic E-state index is -0.965. The molecule has 1 aliphatic rings. The van der Waals surface area contributed by atoms with E-state index in [4.69, 9.17) is 9.47 Å². The molecule has 3 rings (SSSR count). The third-order valence-corrected chi connectivity index (χ3v) is 6.80. The van der Waals surface area contributed by atoms with Crippen molar-refractivity contribution in [3.05, 3.63) is 59.2 Å². The van der Waals surface area contributed by atoms with Crippen LogP contribution in [-0.2, 0) is 16.1 Å². The lowest BCUT2D eigenvalue weighted by molar-refractivity contribution is -0.115. The van der Waals surface area contributed by atoms with Crippen LogP contribution in [0.2, 0.25) is 0 Å². The molecule has 0 spiro atoms. The Labute approximate surface area is 218 Å². The molecule has 2 amide bonds. The molecule has 9 heteroatoms. The summed E-state index contributed by atoms with van der Waals surface area (Å²) >= 11 is 0. The number of hydrogen-bond donors (Lipinski definition) is 2. The molecule has 0 radical (unpaired) electrons. The van der Waals surface area contributed by atoms with E-state index in [1.807, 2.05) is 19.1 Å². The maximum atomic E-state index is 13.3. The van der Waals surface area contributed by atoms with Crippen molar-refractivity contribution in [3.63, 3.8) is 0 Å². The Morgan fingerprint density at radius 1 is 1.16 bits per heavy atom. The second kappa shape index (κ2) is 12.7. The number of benzene rings is 2. The molecule has 2 aromatic carbocycles. The minimum Gasteiger partial charge on any atom is -0.491 e. The van der Waals surface area contributed by atoms with Gasteiger partial charge in [-0.25, -0.2) is 4.79 Å². The van der Waals surface area contributed by atoms with E-state index in [0.29, 0.717) is 48.6 Å². The molecule has 37 heavy (non-hydrogen) atoms. The largest absolute Gasteiger partial charge is 0.491 e. The number of hydrogen-bond acceptors (Lipinski definition) is 6. The monoisotopic (exact) mass is 511 g/mol. The third-order valence-electron chi connectivity index (χ3n) is 6.80. The number of anilines is 1. The van der Waals surface area contributed by atoms with Gasteiger partial charge < -0.3 is 24.8 Å². The number of likely N-dealkylation sites (N-methyl/N-ethyl adjacent to an activating group) is 1. The molecule has 0 unspecified atom stereocenters. The fraction of sp³-hybridized carbons (Fsp3) is 0.464. The van der Waals surface area contributed by atoms with Gasteiger partial charge in [-0.1, -0.05) is 32.0 Å². The Bertz CT molecular complexity index is 1120. The van der Waals surface area contributed by atoms with Crippen molar-refractivity contribution in [2.45, 2.75) is 45.9 Å². The fourth-order valence-corrected chi connectivity index (χ4v) is 4.48. The first-order valence-corrected chi connectivity index (χ1v) is 12.5. The molecule has 0 bridgehead atoms. The topological polar surface area (TPSA) is 108 Å². The maximum Gasteiger partial charge on any atom is 0.336 e. The molecule has 3 atom stereocenters. The Hall–Kier alpha value is -3.43. The lowest BCUT2D eigenvalue weighted by Crippen LogP contribution is -2.46. The second-order valence-electron chi connectivity index (χ2n) is 9.60. The number of methoxy groups -OCH3 is 1. The second-order valence-corrected chi connectivity index (χ2v) is 9.60. The van der Waals surface area contributed by atoms with Gasteiger partial charge in [0.25, 0.3) is 5.91 Å². The summed E-state index contributed by atoms with van der Waals surface area (Å²) in [5.74, 6) is -0.869. The summed E-state index contributed by atoms with van der Waals surface area (Å²) in [5, 5.41) is 12.5. The number of aromatic carboxylic acids is 1. The van der Waals surface area contributed by atoms with Crippen molar-refractivity contribution in [1.82, 2.24) is 9.80 Å². The van der Waals surface area contributed by atoms with Gasteiger partial charge in [-0.05, 0) is 36.6 Å². The predicted octanol–water partition coefficient (Wildman–Crippen LogP) is 3.74. The maximum absolute atomic E-state index is 13.3. The highest BCUT2D eigenvalue weighted by molar-refractivity contribution is 5.98. The van der Waals surface area contributed by atoms with Crippen molar-refractivity contribution in [2.24, 2.45) is 5.92 Å². The molecule has 0 aromatic heterocycles. The Morgan fingerprint density at radius 2 is 1.89 bits per heavy atom. The number of nitrogens with zero attached hydrogens (tertiary/aromatic N) is 2. The number of ether oxygens (including phenoxy) is 2. The highest BCUT2D eigenvalue weighted by Gasteiger charge is 2.29. The van der Waals surface area contributed by atoms with Crippen LogP contribution < -0.4 is 10.1 Å². The van der Waals surface area contributed by atoms with E-state index in [9.17, 15) is 19.5 Å². The lowest BCUT2D eigenvalue weighted by Gasteiger charge is -2.36. The van der Waals surface area contributed by atoms with Gasteiger partial charge in [0.15, 0.2) is 0 Å². The van der Waals surface area contributed by atoms with E-state index < -0.39 is 5.97 Å². The number of carboxylic acid groups (broad SMARTS) is 1. The molecule has 0 saturated heterocycles. The smallest absolute Gasteiger partial charge is 0.336 e. The van der Waals surface area contributed by atoms with Gasteiger partial charge in [0.1, 0.15) is 12.4 Å². The zero-order valence-corrected chi connectivity index (χ0v) is 22.2. The molecular weight excluding hydrogens is 474 g/mol. The number of carbonyl (C=O) groups is 3. The molecule has 2 aromatic rings. The number of amides is 2. The molecule has 0 saturated carbocycles. The van der Waals surface area contributed by atoms with Crippen LogP contribution in [0.4, 0.5) is 5.69 Å². The van der Waals surface area contributed by atoms with Crippen molar-refractivity contribution in [3.8, 4) is 5.75 Å². The van der Waals surface area contributed by atoms with Crippen LogP contribution in [0.3, 0.4) is 0 Å². The van der Waals surface area contributed by atoms with Crippen LogP contribution in [-0.4, -0.2) is 78.7 Å². The van der Waals surface area contributed by atoms with Crippen LogP contribution in [0.5, 0.6) is 5.75 Å². The van der Waals surface area contributed by atoms with Crippen molar-refractivity contribution >= 4 is 23.5 Å². The Morgan fingerprint density at radius 3 is 2.57 bits per heavy atom. The average Bonchev–Trinajstić information content (AvgIpc) is 2.88. The third kappa shape index (κ3) is 7.08. The Balaban J connectivity index is 1.98. The van der Waals surface area contributed by atoms with Gasteiger partial charge >= 0.3 is 5.97 Å². The van der Waals surface area contributed by atoms with Gasteiger partial charge in [-0.3, -0.25) is 14.5 Å². The van der Waals surface area contributed by atoms with Crippen molar-refractivity contribution in [1.29, 1.82) is 0 Å². The molecule has 200 valence electrons. The standard InChI is InChI=1S/C28H37N3O6/c1-6-26(32)29-21-11-12-23-24(13-21)37-17-19(3)31(15-20-9-7-8-10-22(20)28(34)35)14-18(2)25(36-5)16-30(4)27(23)33/h7-13,18-19,25H,6,14-17H2,1-5H3,(H,29,32)(H,34,35)/t18-,19-,25-/m1/s1. The van der Waals surface area contributed by atoms with E-state index >= 15 is 0 Å². The fourth-order valence-electron chi connectivity index (χ4n) is 4.48. The lowest BCUT2D eigenvalue weighted by atomic mass is 10.00. The zero-order chi connectivity index (χ0) is 27.1. The van der Waals surface area contributed by atoms with E-state index in [1.54, 1.807) is 56.3 Å². The highest BCUT2D eigenvalue weighted by Crippen LogP contribution is 2.27. The first-order valence-electron chi connectivity index (χ1n) is 12.5. The quantitative estimate of drug-likeness (QED) is 0.608. The SMILES string of the molecule is CCC(=O)Nc1ccc2c(c1)OC[C@@H](C)N(Cc1ccccc1C(=O)O)C[C@@H](C)[C@H](OC)CN(C)C2=O. The van der Waals surface area contributed by atoms with Crippen LogP contribution in [0.25, 0.3) is 0 Å². The van der Waals surface area contributed by atoms with Gasteiger partial charge in [0.05, 0.1) is 17.2 Å². The number of rotatable bonds is 6. The molecule has 1 heterocycles. The number of carboxylic acids is 1. The van der Waals surface area contributed by atoms with Crippen LogP contribution in [0, 0.1) is 5.92 Å². The summed E-state index contributed by atoms with van der Waals surface area (Å²) in [6.45, 7) is 7.51. The van der Waals surface area contributed by atoms with E-state index in [2.05, 4.69) is 17.1 Å². The van der Waals surface area contributed by atoms with Crippen LogP contribution in [0.1, 0.15) is 53.5 Å². The number of nitrogens with one attached hydrogen (secondary N) is 1. The zero-order valence-electron chi connectivity index (χ0n) is 22.2. The molecule has 0 aliphatic carbocycles. The summed E-state index contributed by atoms with van der Waals surface area (Å²) < 4.78 is 12.0. The van der Waals surface area contributed by atoms with Crippen molar-refractivity contribution < 1.29 is 29.0 Å². The molecule has 1 aliphatic heterocycles. The molecule has 9 nitrogen and oxygen atoms in total.